The van der Waals surface area contributed by atoms with Crippen molar-refractivity contribution in [2.45, 2.75) is 63.3 Å². The number of nitrogens with one attached hydrogen (secondary N) is 2. The zero-order chi connectivity index (χ0) is 17.4. The van der Waals surface area contributed by atoms with E-state index in [0.717, 1.165) is 50.0 Å². The first-order valence-corrected chi connectivity index (χ1v) is 9.91. The van der Waals surface area contributed by atoms with Crippen LogP contribution in [0.4, 0.5) is 0 Å². The number of hydrogen-bond acceptors (Lipinski definition) is 3. The molecule has 25 heavy (non-hydrogen) atoms. The molecule has 1 aliphatic heterocycles. The van der Waals surface area contributed by atoms with Gasteiger partial charge in [0.15, 0.2) is 0 Å². The number of rotatable bonds is 5. The van der Waals surface area contributed by atoms with Gasteiger partial charge in [0.25, 0.3) is 0 Å². The van der Waals surface area contributed by atoms with Gasteiger partial charge in [0.1, 0.15) is 0 Å². The van der Waals surface area contributed by atoms with Crippen LogP contribution in [0, 0.1) is 17.8 Å². The van der Waals surface area contributed by atoms with Crippen LogP contribution in [0.2, 0.25) is 0 Å². The highest BCUT2D eigenvalue weighted by Gasteiger charge is 2.51. The lowest BCUT2D eigenvalue weighted by atomic mass is 9.53. The number of hydrogen-bond donors (Lipinski definition) is 2. The Morgan fingerprint density at radius 2 is 1.68 bits per heavy atom. The molecule has 5 rings (SSSR count). The first-order chi connectivity index (χ1) is 12.0. The highest BCUT2D eigenvalue weighted by molar-refractivity contribution is 6.35. The highest BCUT2D eigenvalue weighted by Crippen LogP contribution is 2.55. The molecule has 1 heterocycles. The van der Waals surface area contributed by atoms with Crippen molar-refractivity contribution in [2.24, 2.45) is 17.8 Å². The quantitative estimate of drug-likeness (QED) is 0.579. The van der Waals surface area contributed by atoms with Gasteiger partial charge in [-0.3, -0.25) is 14.4 Å². The van der Waals surface area contributed by atoms with E-state index in [1.807, 2.05) is 4.90 Å². The summed E-state index contributed by atoms with van der Waals surface area (Å²) in [5, 5.41) is 5.81. The fraction of sp³-hybridized carbons (Fsp3) is 0.842. The Balaban J connectivity index is 1.21. The molecule has 4 bridgehead atoms. The Bertz CT molecular complexity index is 539. The summed E-state index contributed by atoms with van der Waals surface area (Å²) in [7, 11) is 0. The summed E-state index contributed by atoms with van der Waals surface area (Å²) >= 11 is 0. The van der Waals surface area contributed by atoms with Crippen LogP contribution in [0.3, 0.4) is 0 Å². The molecule has 6 nitrogen and oxygen atoms in total. The third kappa shape index (κ3) is 3.53. The van der Waals surface area contributed by atoms with E-state index in [1.54, 1.807) is 0 Å². The van der Waals surface area contributed by atoms with Gasteiger partial charge in [-0.25, -0.2) is 0 Å². The minimum absolute atomic E-state index is 0.120. The van der Waals surface area contributed by atoms with Crippen LogP contribution in [0.15, 0.2) is 0 Å². The maximum atomic E-state index is 12.3. The Hall–Kier alpha value is -1.59. The number of carbonyl (C=O) groups excluding carboxylic acids is 3. The Kier molecular flexibility index (Phi) is 4.46. The Morgan fingerprint density at radius 1 is 1.04 bits per heavy atom. The smallest absolute Gasteiger partial charge is 0.309 e. The summed E-state index contributed by atoms with van der Waals surface area (Å²) < 4.78 is 0. The molecule has 138 valence electrons. The molecule has 0 radical (unpaired) electrons. The Labute approximate surface area is 149 Å². The van der Waals surface area contributed by atoms with Crippen LogP contribution in [0.5, 0.6) is 0 Å². The van der Waals surface area contributed by atoms with Crippen molar-refractivity contribution < 1.29 is 14.4 Å². The van der Waals surface area contributed by atoms with Gasteiger partial charge in [-0.2, -0.15) is 0 Å². The second kappa shape index (κ2) is 6.61. The molecule has 4 aliphatic carbocycles. The topological polar surface area (TPSA) is 78.5 Å². The zero-order valence-electron chi connectivity index (χ0n) is 14.9. The van der Waals surface area contributed by atoms with Crippen molar-refractivity contribution in [2.75, 3.05) is 19.6 Å². The molecular weight excluding hydrogens is 318 g/mol. The molecule has 0 aromatic rings. The molecule has 0 unspecified atom stereocenters. The summed E-state index contributed by atoms with van der Waals surface area (Å²) in [5.74, 6) is 1.43. The summed E-state index contributed by atoms with van der Waals surface area (Å²) in [6.45, 7) is 1.92. The Morgan fingerprint density at radius 3 is 2.24 bits per heavy atom. The molecule has 5 aliphatic rings. The van der Waals surface area contributed by atoms with Crippen molar-refractivity contribution in [1.82, 2.24) is 15.5 Å². The van der Waals surface area contributed by atoms with Gasteiger partial charge < -0.3 is 15.5 Å². The lowest BCUT2D eigenvalue weighted by molar-refractivity contribution is -0.142. The fourth-order valence-corrected chi connectivity index (χ4v) is 6.05. The van der Waals surface area contributed by atoms with E-state index in [1.165, 1.54) is 19.3 Å². The summed E-state index contributed by atoms with van der Waals surface area (Å²) in [5.41, 5.74) is -0.120. The molecule has 2 N–H and O–H groups in total. The van der Waals surface area contributed by atoms with Gasteiger partial charge in [0, 0.05) is 31.6 Å². The SMILES string of the molecule is O=C(NCCCN1CCCC1=O)C(=O)NC12CC3CC(CC(C3)C1)C2. The van der Waals surface area contributed by atoms with E-state index < -0.39 is 11.8 Å². The van der Waals surface area contributed by atoms with Gasteiger partial charge in [0.2, 0.25) is 5.91 Å². The molecule has 0 atom stereocenters. The van der Waals surface area contributed by atoms with Gasteiger partial charge in [-0.05, 0) is 69.1 Å². The van der Waals surface area contributed by atoms with Crippen molar-refractivity contribution in [3.63, 3.8) is 0 Å². The summed E-state index contributed by atoms with van der Waals surface area (Å²) in [6, 6.07) is 0. The van der Waals surface area contributed by atoms with Gasteiger partial charge >= 0.3 is 11.8 Å². The lowest BCUT2D eigenvalue weighted by Crippen LogP contribution is -2.61. The first kappa shape index (κ1) is 16.9. The van der Waals surface area contributed by atoms with Crippen molar-refractivity contribution in [3.05, 3.63) is 0 Å². The van der Waals surface area contributed by atoms with Crippen molar-refractivity contribution in [1.29, 1.82) is 0 Å². The van der Waals surface area contributed by atoms with E-state index in [2.05, 4.69) is 10.6 Å². The van der Waals surface area contributed by atoms with Crippen molar-refractivity contribution >= 4 is 17.7 Å². The average molecular weight is 347 g/mol. The van der Waals surface area contributed by atoms with Gasteiger partial charge in [-0.1, -0.05) is 0 Å². The maximum Gasteiger partial charge on any atom is 0.309 e. The van der Waals surface area contributed by atoms with Crippen LogP contribution in [-0.4, -0.2) is 47.8 Å². The van der Waals surface area contributed by atoms with Crippen LogP contribution >= 0.6 is 0 Å². The predicted molar refractivity (Wildman–Crippen MR) is 92.5 cm³/mol. The van der Waals surface area contributed by atoms with Crippen LogP contribution in [0.1, 0.15) is 57.8 Å². The minimum Gasteiger partial charge on any atom is -0.348 e. The highest BCUT2D eigenvalue weighted by atomic mass is 16.2. The summed E-state index contributed by atoms with van der Waals surface area (Å²) in [6.07, 6.45) is 9.36. The summed E-state index contributed by atoms with van der Waals surface area (Å²) in [4.78, 5) is 37.8. The number of carbonyl (C=O) groups is 3. The second-order valence-electron chi connectivity index (χ2n) is 8.75. The van der Waals surface area contributed by atoms with Crippen LogP contribution < -0.4 is 10.6 Å². The lowest BCUT2D eigenvalue weighted by Gasteiger charge is -2.56. The maximum absolute atomic E-state index is 12.3. The van der Waals surface area contributed by atoms with E-state index in [-0.39, 0.29) is 11.4 Å². The largest absolute Gasteiger partial charge is 0.348 e. The number of nitrogens with zero attached hydrogens (tertiary/aromatic N) is 1. The molecule has 4 saturated carbocycles. The third-order valence-electron chi connectivity index (χ3n) is 6.68. The second-order valence-corrected chi connectivity index (χ2v) is 8.75. The third-order valence-corrected chi connectivity index (χ3v) is 6.68. The molecule has 6 heteroatoms. The molecule has 0 aromatic carbocycles. The van der Waals surface area contributed by atoms with Crippen molar-refractivity contribution in [3.8, 4) is 0 Å². The zero-order valence-corrected chi connectivity index (χ0v) is 14.9. The average Bonchev–Trinajstić information content (AvgIpc) is 2.94. The van der Waals surface area contributed by atoms with Crippen LogP contribution in [-0.2, 0) is 14.4 Å². The number of amides is 3. The fourth-order valence-electron chi connectivity index (χ4n) is 6.05. The first-order valence-electron chi connectivity index (χ1n) is 9.91. The van der Waals surface area contributed by atoms with Gasteiger partial charge in [0.05, 0.1) is 0 Å². The van der Waals surface area contributed by atoms with Crippen LogP contribution in [0.25, 0.3) is 0 Å². The van der Waals surface area contributed by atoms with E-state index in [4.69, 9.17) is 0 Å². The predicted octanol–water partition coefficient (Wildman–Crippen LogP) is 1.20. The number of likely N-dealkylation sites (tertiary alicyclic amines) is 1. The molecule has 1 saturated heterocycles. The van der Waals surface area contributed by atoms with Gasteiger partial charge in [-0.15, -0.1) is 0 Å². The normalized spacial score (nSPS) is 35.9. The molecular formula is C19H29N3O3. The molecule has 5 fully saturated rings. The van der Waals surface area contributed by atoms with E-state index >= 15 is 0 Å². The van der Waals surface area contributed by atoms with E-state index in [9.17, 15) is 14.4 Å². The minimum atomic E-state index is -0.525. The van der Waals surface area contributed by atoms with E-state index in [0.29, 0.717) is 25.9 Å². The molecule has 0 spiro atoms. The molecule has 0 aromatic heterocycles. The monoisotopic (exact) mass is 347 g/mol. The standard InChI is InChI=1S/C19H29N3O3/c23-16-3-1-5-22(16)6-2-4-20-17(24)18(25)21-19-10-13-7-14(11-19)9-15(8-13)12-19/h13-15H,1-12H2,(H,20,24)(H,21,25). The molecule has 3 amide bonds.